The van der Waals surface area contributed by atoms with Gasteiger partial charge in [0.25, 0.3) is 0 Å². The summed E-state index contributed by atoms with van der Waals surface area (Å²) in [5, 5.41) is 0. The van der Waals surface area contributed by atoms with Gasteiger partial charge >= 0.3 is 0 Å². The molecule has 0 saturated carbocycles. The number of rotatable bonds is 5. The Labute approximate surface area is 121 Å². The normalized spacial score (nSPS) is 10.8. The summed E-state index contributed by atoms with van der Waals surface area (Å²) in [5.41, 5.74) is 4.99. The molecule has 106 valence electrons. The highest BCUT2D eigenvalue weighted by Crippen LogP contribution is 2.24. The van der Waals surface area contributed by atoms with Gasteiger partial charge < -0.3 is 4.74 Å². The molecule has 0 aliphatic heterocycles. The molecule has 3 nitrogen and oxygen atoms in total. The molecule has 2 aromatic rings. The standard InChI is InChI=1S/C17H22N2O/c1-13-9-16(10-14(2)17(13)20-4)12-19(3)11-15-5-7-18-8-6-15/h5-10H,11-12H2,1-4H3. The van der Waals surface area contributed by atoms with Crippen molar-refractivity contribution < 1.29 is 4.74 Å². The minimum atomic E-state index is 0.923. The first-order valence-corrected chi connectivity index (χ1v) is 6.81. The van der Waals surface area contributed by atoms with Crippen LogP contribution in [0.25, 0.3) is 0 Å². The van der Waals surface area contributed by atoms with E-state index in [0.717, 1.165) is 18.8 Å². The second-order valence-corrected chi connectivity index (χ2v) is 5.29. The van der Waals surface area contributed by atoms with Crippen LogP contribution in [-0.2, 0) is 13.1 Å². The van der Waals surface area contributed by atoms with Crippen LogP contribution in [0.4, 0.5) is 0 Å². The highest BCUT2D eigenvalue weighted by Gasteiger charge is 2.07. The average molecular weight is 270 g/mol. The lowest BCUT2D eigenvalue weighted by atomic mass is 10.1. The van der Waals surface area contributed by atoms with E-state index in [1.807, 2.05) is 12.4 Å². The van der Waals surface area contributed by atoms with Gasteiger partial charge in [0.1, 0.15) is 5.75 Å². The highest BCUT2D eigenvalue weighted by molar-refractivity contribution is 5.43. The van der Waals surface area contributed by atoms with Gasteiger partial charge in [-0.1, -0.05) is 12.1 Å². The van der Waals surface area contributed by atoms with Gasteiger partial charge in [-0.2, -0.15) is 0 Å². The molecule has 1 heterocycles. The van der Waals surface area contributed by atoms with E-state index >= 15 is 0 Å². The third-order valence-electron chi connectivity index (χ3n) is 3.38. The van der Waals surface area contributed by atoms with Crippen LogP contribution in [-0.4, -0.2) is 24.0 Å². The summed E-state index contributed by atoms with van der Waals surface area (Å²) in [7, 11) is 3.86. The third-order valence-corrected chi connectivity index (χ3v) is 3.38. The van der Waals surface area contributed by atoms with E-state index in [-0.39, 0.29) is 0 Å². The molecule has 0 radical (unpaired) electrons. The minimum absolute atomic E-state index is 0.923. The fourth-order valence-corrected chi connectivity index (χ4v) is 2.62. The zero-order chi connectivity index (χ0) is 14.5. The maximum atomic E-state index is 5.41. The molecule has 0 unspecified atom stereocenters. The van der Waals surface area contributed by atoms with Crippen molar-refractivity contribution in [3.63, 3.8) is 0 Å². The molecule has 1 aromatic carbocycles. The molecule has 2 rings (SSSR count). The van der Waals surface area contributed by atoms with E-state index in [0.29, 0.717) is 0 Å². The fourth-order valence-electron chi connectivity index (χ4n) is 2.62. The van der Waals surface area contributed by atoms with E-state index in [1.165, 1.54) is 22.3 Å². The quantitative estimate of drug-likeness (QED) is 0.833. The van der Waals surface area contributed by atoms with Crippen LogP contribution in [0.15, 0.2) is 36.7 Å². The van der Waals surface area contributed by atoms with E-state index in [2.05, 4.69) is 55.0 Å². The SMILES string of the molecule is COc1c(C)cc(CN(C)Cc2ccncc2)cc1C. The first kappa shape index (κ1) is 14.5. The number of ether oxygens (including phenoxy) is 1. The van der Waals surface area contributed by atoms with Gasteiger partial charge in [-0.25, -0.2) is 0 Å². The Morgan fingerprint density at radius 2 is 1.55 bits per heavy atom. The van der Waals surface area contributed by atoms with Crippen molar-refractivity contribution in [2.24, 2.45) is 0 Å². The zero-order valence-corrected chi connectivity index (χ0v) is 12.7. The number of nitrogens with zero attached hydrogens (tertiary/aromatic N) is 2. The molecule has 0 saturated heterocycles. The topological polar surface area (TPSA) is 25.4 Å². The van der Waals surface area contributed by atoms with E-state index in [4.69, 9.17) is 4.74 Å². The minimum Gasteiger partial charge on any atom is -0.496 e. The number of aryl methyl sites for hydroxylation is 2. The molecule has 0 fully saturated rings. The largest absolute Gasteiger partial charge is 0.496 e. The molecule has 0 bridgehead atoms. The zero-order valence-electron chi connectivity index (χ0n) is 12.7. The molecule has 20 heavy (non-hydrogen) atoms. The number of hydrogen-bond acceptors (Lipinski definition) is 3. The molecule has 0 atom stereocenters. The Kier molecular flexibility index (Phi) is 4.74. The fraction of sp³-hybridized carbons (Fsp3) is 0.353. The van der Waals surface area contributed by atoms with Crippen molar-refractivity contribution in [1.29, 1.82) is 0 Å². The Hall–Kier alpha value is -1.87. The Bertz CT molecular complexity index is 543. The van der Waals surface area contributed by atoms with E-state index in [1.54, 1.807) is 7.11 Å². The molecule has 0 N–H and O–H groups in total. The lowest BCUT2D eigenvalue weighted by molar-refractivity contribution is 0.318. The van der Waals surface area contributed by atoms with Crippen molar-refractivity contribution in [2.45, 2.75) is 26.9 Å². The predicted molar refractivity (Wildman–Crippen MR) is 81.9 cm³/mol. The molecule has 3 heteroatoms. The third kappa shape index (κ3) is 3.58. The summed E-state index contributed by atoms with van der Waals surface area (Å²) < 4.78 is 5.41. The summed E-state index contributed by atoms with van der Waals surface area (Å²) in [6, 6.07) is 8.52. The summed E-state index contributed by atoms with van der Waals surface area (Å²) in [6.45, 7) is 6.04. The number of aromatic nitrogens is 1. The van der Waals surface area contributed by atoms with Gasteiger partial charge in [0, 0.05) is 25.5 Å². The summed E-state index contributed by atoms with van der Waals surface area (Å²) in [5.74, 6) is 0.991. The number of hydrogen-bond donors (Lipinski definition) is 0. The number of benzene rings is 1. The van der Waals surface area contributed by atoms with Gasteiger partial charge in [0.2, 0.25) is 0 Å². The van der Waals surface area contributed by atoms with Gasteiger partial charge in [0.05, 0.1) is 7.11 Å². The second-order valence-electron chi connectivity index (χ2n) is 5.29. The lowest BCUT2D eigenvalue weighted by Gasteiger charge is -2.18. The summed E-state index contributed by atoms with van der Waals surface area (Å²) >= 11 is 0. The highest BCUT2D eigenvalue weighted by atomic mass is 16.5. The predicted octanol–water partition coefficient (Wildman–Crippen LogP) is 3.34. The van der Waals surface area contributed by atoms with Crippen molar-refractivity contribution in [1.82, 2.24) is 9.88 Å². The van der Waals surface area contributed by atoms with Crippen LogP contribution in [0.5, 0.6) is 5.75 Å². The van der Waals surface area contributed by atoms with Gasteiger partial charge in [-0.05, 0) is 55.3 Å². The van der Waals surface area contributed by atoms with Crippen LogP contribution < -0.4 is 4.74 Å². The van der Waals surface area contributed by atoms with Crippen molar-refractivity contribution >= 4 is 0 Å². The van der Waals surface area contributed by atoms with Crippen molar-refractivity contribution in [2.75, 3.05) is 14.2 Å². The van der Waals surface area contributed by atoms with E-state index in [9.17, 15) is 0 Å². The molecule has 0 spiro atoms. The Morgan fingerprint density at radius 3 is 2.10 bits per heavy atom. The second kappa shape index (κ2) is 6.53. The van der Waals surface area contributed by atoms with Crippen molar-refractivity contribution in [3.8, 4) is 5.75 Å². The lowest BCUT2D eigenvalue weighted by Crippen LogP contribution is -2.17. The van der Waals surface area contributed by atoms with Crippen LogP contribution in [0.3, 0.4) is 0 Å². The van der Waals surface area contributed by atoms with Gasteiger partial charge in [0.15, 0.2) is 0 Å². The smallest absolute Gasteiger partial charge is 0.124 e. The van der Waals surface area contributed by atoms with Gasteiger partial charge in [-0.3, -0.25) is 9.88 Å². The Morgan fingerprint density at radius 1 is 1.00 bits per heavy atom. The molecule has 0 amide bonds. The van der Waals surface area contributed by atoms with Gasteiger partial charge in [-0.15, -0.1) is 0 Å². The summed E-state index contributed by atoms with van der Waals surface area (Å²) in [4.78, 5) is 6.35. The van der Waals surface area contributed by atoms with Crippen molar-refractivity contribution in [3.05, 3.63) is 58.9 Å². The number of methoxy groups -OCH3 is 1. The average Bonchev–Trinajstić information content (AvgIpc) is 2.39. The maximum Gasteiger partial charge on any atom is 0.124 e. The van der Waals surface area contributed by atoms with Crippen LogP contribution in [0.1, 0.15) is 22.3 Å². The monoisotopic (exact) mass is 270 g/mol. The maximum absolute atomic E-state index is 5.41. The molecular weight excluding hydrogens is 248 g/mol. The first-order valence-electron chi connectivity index (χ1n) is 6.81. The first-order chi connectivity index (χ1) is 9.60. The molecule has 0 aliphatic carbocycles. The molecule has 0 aliphatic rings. The molecular formula is C17H22N2O. The van der Waals surface area contributed by atoms with Crippen LogP contribution in [0.2, 0.25) is 0 Å². The molecule has 1 aromatic heterocycles. The Balaban J connectivity index is 2.06. The van der Waals surface area contributed by atoms with Crippen LogP contribution in [0, 0.1) is 13.8 Å². The number of pyridine rings is 1. The van der Waals surface area contributed by atoms with E-state index < -0.39 is 0 Å². The summed E-state index contributed by atoms with van der Waals surface area (Å²) in [6.07, 6.45) is 3.68. The van der Waals surface area contributed by atoms with Crippen LogP contribution >= 0.6 is 0 Å².